The van der Waals surface area contributed by atoms with E-state index in [2.05, 4.69) is 15.4 Å². The van der Waals surface area contributed by atoms with Gasteiger partial charge in [0, 0.05) is 31.5 Å². The molecular formula is C19H18N4O3. The van der Waals surface area contributed by atoms with Crippen molar-refractivity contribution in [3.8, 4) is 22.8 Å². The van der Waals surface area contributed by atoms with Gasteiger partial charge in [-0.2, -0.15) is 5.10 Å². The van der Waals surface area contributed by atoms with Crippen LogP contribution in [0.5, 0.6) is 11.5 Å². The minimum atomic E-state index is -0.660. The molecule has 7 nitrogen and oxygen atoms in total. The minimum absolute atomic E-state index is 0.195. The molecule has 2 aromatic heterocycles. The van der Waals surface area contributed by atoms with E-state index >= 15 is 0 Å². The fourth-order valence-electron chi connectivity index (χ4n) is 2.71. The first-order chi connectivity index (χ1) is 12.7. The number of hydrogen-bond donors (Lipinski definition) is 1. The average Bonchev–Trinajstić information content (AvgIpc) is 3.12. The third-order valence-corrected chi connectivity index (χ3v) is 4.09. The number of ether oxygens (including phenoxy) is 2. The van der Waals surface area contributed by atoms with Crippen LogP contribution in [0.25, 0.3) is 11.3 Å². The monoisotopic (exact) mass is 350 g/mol. The number of benzene rings is 1. The first-order valence-electron chi connectivity index (χ1n) is 8.29. The Morgan fingerprint density at radius 3 is 2.81 bits per heavy atom. The number of carbonyl (C=O) groups is 1. The van der Waals surface area contributed by atoms with Crippen LogP contribution in [0.1, 0.15) is 5.56 Å². The van der Waals surface area contributed by atoms with Gasteiger partial charge in [0.05, 0.1) is 11.9 Å². The molecule has 7 heteroatoms. The Hall–Kier alpha value is -3.35. The van der Waals surface area contributed by atoms with Gasteiger partial charge in [-0.15, -0.1) is 0 Å². The number of para-hydroxylation sites is 2. The number of aromatic nitrogens is 3. The molecule has 1 aliphatic rings. The lowest BCUT2D eigenvalue weighted by Crippen LogP contribution is -2.43. The molecular weight excluding hydrogens is 332 g/mol. The first-order valence-corrected chi connectivity index (χ1v) is 8.29. The van der Waals surface area contributed by atoms with E-state index in [-0.39, 0.29) is 12.5 Å². The van der Waals surface area contributed by atoms with Crippen LogP contribution in [0, 0.1) is 0 Å². The van der Waals surface area contributed by atoms with Gasteiger partial charge in [-0.05, 0) is 23.8 Å². The molecule has 0 radical (unpaired) electrons. The van der Waals surface area contributed by atoms with E-state index in [0.717, 1.165) is 16.8 Å². The maximum atomic E-state index is 12.3. The zero-order valence-electron chi connectivity index (χ0n) is 14.3. The third kappa shape index (κ3) is 3.37. The van der Waals surface area contributed by atoms with E-state index in [1.165, 1.54) is 0 Å². The number of pyridine rings is 1. The maximum Gasteiger partial charge on any atom is 0.264 e. The molecule has 0 spiro atoms. The smallest absolute Gasteiger partial charge is 0.264 e. The number of rotatable bonds is 4. The molecule has 4 rings (SSSR count). The highest BCUT2D eigenvalue weighted by Gasteiger charge is 2.26. The van der Waals surface area contributed by atoms with E-state index in [4.69, 9.17) is 9.47 Å². The Kier molecular flexibility index (Phi) is 4.27. The lowest BCUT2D eigenvalue weighted by atomic mass is 10.2. The predicted molar refractivity (Wildman–Crippen MR) is 94.6 cm³/mol. The van der Waals surface area contributed by atoms with Gasteiger partial charge in [0.25, 0.3) is 5.91 Å². The molecule has 3 aromatic rings. The fraction of sp³-hybridized carbons (Fsp3) is 0.211. The summed E-state index contributed by atoms with van der Waals surface area (Å²) in [6.07, 6.45) is 4.76. The van der Waals surface area contributed by atoms with Gasteiger partial charge in [-0.25, -0.2) is 0 Å². The highest BCUT2D eigenvalue weighted by atomic mass is 16.6. The number of carbonyl (C=O) groups excluding carboxylic acids is 1. The van der Waals surface area contributed by atoms with Crippen LogP contribution in [0.3, 0.4) is 0 Å². The topological polar surface area (TPSA) is 78.3 Å². The summed E-state index contributed by atoms with van der Waals surface area (Å²) in [5, 5.41) is 7.00. The molecule has 1 aliphatic heterocycles. The molecule has 0 saturated heterocycles. The molecule has 0 unspecified atom stereocenters. The van der Waals surface area contributed by atoms with E-state index in [9.17, 15) is 4.79 Å². The SMILES string of the molecule is Cn1cc(-c2ccc(CNC(=O)[C@H]3COc4ccccc4O3)cn2)cn1. The highest BCUT2D eigenvalue weighted by molar-refractivity contribution is 5.81. The fourth-order valence-corrected chi connectivity index (χ4v) is 2.71. The Morgan fingerprint density at radius 2 is 2.08 bits per heavy atom. The second-order valence-corrected chi connectivity index (χ2v) is 6.04. The van der Waals surface area contributed by atoms with Crippen LogP contribution < -0.4 is 14.8 Å². The van der Waals surface area contributed by atoms with Crippen molar-refractivity contribution in [2.24, 2.45) is 7.05 Å². The van der Waals surface area contributed by atoms with E-state index < -0.39 is 6.10 Å². The average molecular weight is 350 g/mol. The standard InChI is InChI=1S/C19H18N4O3/c1-23-11-14(10-22-23)15-7-6-13(8-20-15)9-21-19(24)18-12-25-16-4-2-3-5-17(16)26-18/h2-8,10-11,18H,9,12H2,1H3,(H,21,24)/t18-/m1/s1. The van der Waals surface area contributed by atoms with Gasteiger partial charge < -0.3 is 14.8 Å². The van der Waals surface area contributed by atoms with Crippen molar-refractivity contribution in [1.29, 1.82) is 0 Å². The van der Waals surface area contributed by atoms with Crippen LogP contribution in [0.4, 0.5) is 0 Å². The summed E-state index contributed by atoms with van der Waals surface area (Å²) in [6, 6.07) is 11.2. The minimum Gasteiger partial charge on any atom is -0.485 e. The molecule has 132 valence electrons. The van der Waals surface area contributed by atoms with Crippen LogP contribution >= 0.6 is 0 Å². The first kappa shape index (κ1) is 16.1. The quantitative estimate of drug-likeness (QED) is 0.778. The number of nitrogens with zero attached hydrogens (tertiary/aromatic N) is 3. The van der Waals surface area contributed by atoms with Gasteiger partial charge in [-0.1, -0.05) is 18.2 Å². The number of aryl methyl sites for hydroxylation is 1. The molecule has 0 bridgehead atoms. The number of nitrogens with one attached hydrogen (secondary N) is 1. The van der Waals surface area contributed by atoms with E-state index in [0.29, 0.717) is 18.0 Å². The molecule has 0 saturated carbocycles. The number of amides is 1. The van der Waals surface area contributed by atoms with Crippen molar-refractivity contribution in [1.82, 2.24) is 20.1 Å². The highest BCUT2D eigenvalue weighted by Crippen LogP contribution is 2.30. The zero-order valence-corrected chi connectivity index (χ0v) is 14.3. The molecule has 3 heterocycles. The second kappa shape index (κ2) is 6.87. The van der Waals surface area contributed by atoms with Crippen molar-refractivity contribution in [3.05, 3.63) is 60.6 Å². The number of hydrogen-bond acceptors (Lipinski definition) is 5. The normalized spacial score (nSPS) is 15.5. The second-order valence-electron chi connectivity index (χ2n) is 6.04. The Balaban J connectivity index is 1.35. The van der Waals surface area contributed by atoms with Crippen LogP contribution in [-0.2, 0) is 18.4 Å². The number of fused-ring (bicyclic) bond motifs is 1. The summed E-state index contributed by atoms with van der Waals surface area (Å²) in [4.78, 5) is 16.7. The van der Waals surface area contributed by atoms with E-state index in [1.54, 1.807) is 23.1 Å². The van der Waals surface area contributed by atoms with Crippen molar-refractivity contribution in [2.75, 3.05) is 6.61 Å². The summed E-state index contributed by atoms with van der Waals surface area (Å²) in [6.45, 7) is 0.571. The van der Waals surface area contributed by atoms with Gasteiger partial charge in [0.15, 0.2) is 11.5 Å². The summed E-state index contributed by atoms with van der Waals surface area (Å²) in [5.74, 6) is 1.03. The zero-order chi connectivity index (χ0) is 17.9. The van der Waals surface area contributed by atoms with Crippen LogP contribution in [0.2, 0.25) is 0 Å². The summed E-state index contributed by atoms with van der Waals surface area (Å²) in [7, 11) is 1.86. The summed E-state index contributed by atoms with van der Waals surface area (Å²) in [5.41, 5.74) is 2.70. The maximum absolute atomic E-state index is 12.3. The molecule has 0 aliphatic carbocycles. The lowest BCUT2D eigenvalue weighted by Gasteiger charge is -2.25. The Labute approximate surface area is 150 Å². The molecule has 26 heavy (non-hydrogen) atoms. The third-order valence-electron chi connectivity index (χ3n) is 4.09. The van der Waals surface area contributed by atoms with Crippen LogP contribution in [0.15, 0.2) is 55.0 Å². The Morgan fingerprint density at radius 1 is 1.23 bits per heavy atom. The summed E-state index contributed by atoms with van der Waals surface area (Å²) >= 11 is 0. The predicted octanol–water partition coefficient (Wildman–Crippen LogP) is 1.94. The van der Waals surface area contributed by atoms with Crippen molar-refractivity contribution in [3.63, 3.8) is 0 Å². The van der Waals surface area contributed by atoms with Gasteiger partial charge in [0.1, 0.15) is 6.61 Å². The molecule has 1 N–H and O–H groups in total. The molecule has 0 fully saturated rings. The molecule has 1 atom stereocenters. The van der Waals surface area contributed by atoms with Crippen molar-refractivity contribution < 1.29 is 14.3 Å². The van der Waals surface area contributed by atoms with Gasteiger partial charge in [-0.3, -0.25) is 14.5 Å². The molecule has 1 aromatic carbocycles. The molecule has 1 amide bonds. The van der Waals surface area contributed by atoms with Gasteiger partial charge >= 0.3 is 0 Å². The largest absolute Gasteiger partial charge is 0.485 e. The lowest BCUT2D eigenvalue weighted by molar-refractivity contribution is -0.130. The van der Waals surface area contributed by atoms with E-state index in [1.807, 2.05) is 43.6 Å². The van der Waals surface area contributed by atoms with Crippen molar-refractivity contribution >= 4 is 5.91 Å². The summed E-state index contributed by atoms with van der Waals surface area (Å²) < 4.78 is 13.0. The van der Waals surface area contributed by atoms with Crippen LogP contribution in [-0.4, -0.2) is 33.4 Å². The van der Waals surface area contributed by atoms with Crippen molar-refractivity contribution in [2.45, 2.75) is 12.6 Å². The Bertz CT molecular complexity index is 921. The van der Waals surface area contributed by atoms with Gasteiger partial charge in [0.2, 0.25) is 6.10 Å².